The lowest BCUT2D eigenvalue weighted by atomic mass is 10.1. The molecule has 1 aliphatic rings. The lowest BCUT2D eigenvalue weighted by Crippen LogP contribution is -2.22. The zero-order valence-electron chi connectivity index (χ0n) is 9.23. The van der Waals surface area contributed by atoms with Crippen LogP contribution in [-0.2, 0) is 9.53 Å². The monoisotopic (exact) mass is 251 g/mol. The highest BCUT2D eigenvalue weighted by Crippen LogP contribution is 2.20. The van der Waals surface area contributed by atoms with Crippen LogP contribution in [0.1, 0.15) is 11.3 Å². The molecular weight excluding hydrogens is 238 g/mol. The van der Waals surface area contributed by atoms with Crippen molar-refractivity contribution in [2.45, 2.75) is 6.42 Å². The summed E-state index contributed by atoms with van der Waals surface area (Å²) in [5.74, 6) is 5.52. The number of hydrogen-bond donors (Lipinski definition) is 2. The van der Waals surface area contributed by atoms with Gasteiger partial charge in [0.05, 0.1) is 30.1 Å². The van der Waals surface area contributed by atoms with Crippen molar-refractivity contribution in [3.8, 4) is 11.8 Å². The van der Waals surface area contributed by atoms with Crippen LogP contribution in [0.15, 0.2) is 6.20 Å². The van der Waals surface area contributed by atoms with E-state index in [9.17, 15) is 4.79 Å². The molecule has 1 fully saturated rings. The van der Waals surface area contributed by atoms with Gasteiger partial charge in [-0.2, -0.15) is 0 Å². The first kappa shape index (κ1) is 12.0. The average Bonchev–Trinajstić information content (AvgIpc) is 2.97. The molecule has 6 heteroatoms. The minimum absolute atomic E-state index is 0.0322. The van der Waals surface area contributed by atoms with E-state index in [0.717, 1.165) is 11.3 Å². The normalized spacial score (nSPS) is 18.5. The summed E-state index contributed by atoms with van der Waals surface area (Å²) in [6.07, 6.45) is 2.41. The van der Waals surface area contributed by atoms with E-state index in [4.69, 9.17) is 10.5 Å². The number of amides is 1. The second kappa shape index (κ2) is 5.77. The first-order valence-electron chi connectivity index (χ1n) is 5.33. The predicted molar refractivity (Wildman–Crippen MR) is 65.6 cm³/mol. The molecule has 0 saturated carbocycles. The molecule has 3 N–H and O–H groups in total. The van der Waals surface area contributed by atoms with E-state index in [-0.39, 0.29) is 11.8 Å². The molecule has 0 aromatic carbocycles. The van der Waals surface area contributed by atoms with E-state index >= 15 is 0 Å². The van der Waals surface area contributed by atoms with Crippen molar-refractivity contribution >= 4 is 22.4 Å². The molecule has 1 aromatic heterocycles. The van der Waals surface area contributed by atoms with Crippen LogP contribution in [-0.4, -0.2) is 30.6 Å². The van der Waals surface area contributed by atoms with E-state index in [1.165, 1.54) is 11.3 Å². The summed E-state index contributed by atoms with van der Waals surface area (Å²) >= 11 is 1.35. The van der Waals surface area contributed by atoms with E-state index < -0.39 is 0 Å². The smallest absolute Gasteiger partial charge is 0.231 e. The first-order chi connectivity index (χ1) is 8.29. The van der Waals surface area contributed by atoms with E-state index in [1.807, 2.05) is 0 Å². The Morgan fingerprint density at radius 3 is 3.35 bits per heavy atom. The van der Waals surface area contributed by atoms with Crippen LogP contribution >= 0.6 is 11.3 Å². The Bertz CT molecular complexity index is 455. The molecule has 2 heterocycles. The molecule has 5 nitrogen and oxygen atoms in total. The number of ether oxygens (including phenoxy) is 1. The second-order valence-electron chi connectivity index (χ2n) is 3.59. The van der Waals surface area contributed by atoms with Crippen LogP contribution in [0.2, 0.25) is 0 Å². The lowest BCUT2D eigenvalue weighted by Gasteiger charge is -2.05. The first-order valence-corrected chi connectivity index (χ1v) is 6.14. The van der Waals surface area contributed by atoms with Gasteiger partial charge < -0.3 is 15.8 Å². The summed E-state index contributed by atoms with van der Waals surface area (Å²) in [7, 11) is 0. The number of carbonyl (C=O) groups is 1. The van der Waals surface area contributed by atoms with Crippen molar-refractivity contribution in [2.75, 3.05) is 25.1 Å². The number of hydrogen-bond acceptors (Lipinski definition) is 5. The van der Waals surface area contributed by atoms with Gasteiger partial charge in [-0.3, -0.25) is 4.79 Å². The third kappa shape index (κ3) is 3.27. The van der Waals surface area contributed by atoms with Crippen molar-refractivity contribution in [3.05, 3.63) is 11.1 Å². The lowest BCUT2D eigenvalue weighted by molar-refractivity contribution is -0.119. The Hall–Kier alpha value is -1.42. The standard InChI is InChI=1S/C11H13N3O2S/c12-4-1-2-9-6-13-11(17-9)14-10(15)8-3-5-16-7-8/h6,8H,3-5,7,12H2,(H,13,14,15). The molecule has 17 heavy (non-hydrogen) atoms. The van der Waals surface area contributed by atoms with Gasteiger partial charge in [-0.15, -0.1) is 0 Å². The van der Waals surface area contributed by atoms with Crippen LogP contribution in [0, 0.1) is 17.8 Å². The zero-order valence-corrected chi connectivity index (χ0v) is 10.0. The van der Waals surface area contributed by atoms with Gasteiger partial charge in [-0.25, -0.2) is 4.98 Å². The number of carbonyl (C=O) groups excluding carboxylic acids is 1. The fourth-order valence-electron chi connectivity index (χ4n) is 1.48. The minimum Gasteiger partial charge on any atom is -0.381 e. The minimum atomic E-state index is -0.0579. The Kier molecular flexibility index (Phi) is 4.09. The van der Waals surface area contributed by atoms with Crippen LogP contribution in [0.25, 0.3) is 0 Å². The molecular formula is C11H13N3O2S. The topological polar surface area (TPSA) is 77.2 Å². The maximum Gasteiger partial charge on any atom is 0.231 e. The fourth-order valence-corrected chi connectivity index (χ4v) is 2.17. The van der Waals surface area contributed by atoms with Crippen LogP contribution in [0.3, 0.4) is 0 Å². The maximum atomic E-state index is 11.8. The molecule has 1 amide bonds. The number of nitrogens with one attached hydrogen (secondary N) is 1. The number of thiazole rings is 1. The molecule has 90 valence electrons. The average molecular weight is 251 g/mol. The van der Waals surface area contributed by atoms with Gasteiger partial charge in [-0.1, -0.05) is 23.2 Å². The van der Waals surface area contributed by atoms with Crippen molar-refractivity contribution < 1.29 is 9.53 Å². The fraction of sp³-hybridized carbons (Fsp3) is 0.455. The van der Waals surface area contributed by atoms with Crippen molar-refractivity contribution in [2.24, 2.45) is 11.7 Å². The summed E-state index contributed by atoms with van der Waals surface area (Å²) in [4.78, 5) is 16.6. The highest BCUT2D eigenvalue weighted by molar-refractivity contribution is 7.16. The van der Waals surface area contributed by atoms with Crippen molar-refractivity contribution in [1.29, 1.82) is 0 Å². The number of nitrogens with zero attached hydrogens (tertiary/aromatic N) is 1. The molecule has 1 atom stereocenters. The van der Waals surface area contributed by atoms with Crippen molar-refractivity contribution in [1.82, 2.24) is 4.98 Å². The molecule has 0 bridgehead atoms. The Morgan fingerprint density at radius 1 is 1.76 bits per heavy atom. The summed E-state index contributed by atoms with van der Waals surface area (Å²) in [5.41, 5.74) is 5.27. The largest absolute Gasteiger partial charge is 0.381 e. The summed E-state index contributed by atoms with van der Waals surface area (Å²) in [5, 5.41) is 3.34. The van der Waals surface area contributed by atoms with Crippen LogP contribution in [0.5, 0.6) is 0 Å². The van der Waals surface area contributed by atoms with Gasteiger partial charge in [0.2, 0.25) is 5.91 Å². The highest BCUT2D eigenvalue weighted by atomic mass is 32.1. The molecule has 0 spiro atoms. The molecule has 1 unspecified atom stereocenters. The number of anilines is 1. The van der Waals surface area contributed by atoms with Gasteiger partial charge in [0.25, 0.3) is 0 Å². The van der Waals surface area contributed by atoms with Gasteiger partial charge in [-0.05, 0) is 6.42 Å². The summed E-state index contributed by atoms with van der Waals surface area (Å²) < 4.78 is 5.16. The van der Waals surface area contributed by atoms with E-state index in [2.05, 4.69) is 22.1 Å². The second-order valence-corrected chi connectivity index (χ2v) is 4.62. The Morgan fingerprint density at radius 2 is 2.65 bits per heavy atom. The van der Waals surface area contributed by atoms with E-state index in [0.29, 0.717) is 24.9 Å². The van der Waals surface area contributed by atoms with Gasteiger partial charge in [0.15, 0.2) is 5.13 Å². The van der Waals surface area contributed by atoms with Gasteiger partial charge >= 0.3 is 0 Å². The molecule has 0 aliphatic carbocycles. The molecule has 0 radical (unpaired) electrons. The van der Waals surface area contributed by atoms with Crippen LogP contribution < -0.4 is 11.1 Å². The molecule has 2 rings (SSSR count). The maximum absolute atomic E-state index is 11.8. The summed E-state index contributed by atoms with van der Waals surface area (Å²) in [6, 6.07) is 0. The third-order valence-corrected chi connectivity index (χ3v) is 3.18. The van der Waals surface area contributed by atoms with Gasteiger partial charge in [0, 0.05) is 6.61 Å². The molecule has 1 saturated heterocycles. The quantitative estimate of drug-likeness (QED) is 0.747. The van der Waals surface area contributed by atoms with Crippen LogP contribution in [0.4, 0.5) is 5.13 Å². The highest BCUT2D eigenvalue weighted by Gasteiger charge is 2.24. The third-order valence-electron chi connectivity index (χ3n) is 2.35. The summed E-state index contributed by atoms with van der Waals surface area (Å²) in [6.45, 7) is 1.47. The zero-order chi connectivity index (χ0) is 12.1. The predicted octanol–water partition coefficient (Wildman–Crippen LogP) is 0.428. The van der Waals surface area contributed by atoms with Crippen molar-refractivity contribution in [3.63, 3.8) is 0 Å². The van der Waals surface area contributed by atoms with Gasteiger partial charge in [0.1, 0.15) is 0 Å². The number of nitrogens with two attached hydrogens (primary N) is 1. The van der Waals surface area contributed by atoms with E-state index in [1.54, 1.807) is 6.20 Å². The number of aromatic nitrogens is 1. The molecule has 1 aromatic rings. The Balaban J connectivity index is 1.94. The SMILES string of the molecule is NCC#Cc1cnc(NC(=O)C2CCOC2)s1. The Labute approximate surface area is 103 Å². The molecule has 1 aliphatic heterocycles. The number of rotatable bonds is 2.